The molecular formula is C31H32ClN7O3. The summed E-state index contributed by atoms with van der Waals surface area (Å²) in [6, 6.07) is 10.9. The minimum absolute atomic E-state index is 0.179. The number of rotatable bonds is 6. The Morgan fingerprint density at radius 2 is 1.88 bits per heavy atom. The number of anilines is 3. The molecule has 0 saturated carbocycles. The lowest BCUT2D eigenvalue weighted by Crippen LogP contribution is -2.51. The van der Waals surface area contributed by atoms with Crippen LogP contribution < -0.4 is 19.9 Å². The lowest BCUT2D eigenvalue weighted by atomic mass is 9.86. The van der Waals surface area contributed by atoms with E-state index >= 15 is 0 Å². The van der Waals surface area contributed by atoms with Crippen LogP contribution in [0, 0.1) is 13.8 Å². The average molecular weight is 586 g/mol. The molecule has 2 aliphatic rings. The smallest absolute Gasteiger partial charge is 0.280 e. The number of fused-ring (bicyclic) bond motifs is 4. The molecule has 2 amide bonds. The molecule has 1 atom stereocenters. The summed E-state index contributed by atoms with van der Waals surface area (Å²) in [6.45, 7) is 10.6. The third kappa shape index (κ3) is 3.74. The largest absolute Gasteiger partial charge is 0.480 e. The molecule has 216 valence electrons. The van der Waals surface area contributed by atoms with Gasteiger partial charge in [-0.15, -0.1) is 0 Å². The van der Waals surface area contributed by atoms with Crippen molar-refractivity contribution in [1.82, 2.24) is 19.5 Å². The summed E-state index contributed by atoms with van der Waals surface area (Å²) in [5, 5.41) is 3.52. The van der Waals surface area contributed by atoms with Crippen molar-refractivity contribution in [2.45, 2.75) is 46.2 Å². The molecule has 10 nitrogen and oxygen atoms in total. The van der Waals surface area contributed by atoms with Gasteiger partial charge >= 0.3 is 0 Å². The first-order valence-corrected chi connectivity index (χ1v) is 14.2. The van der Waals surface area contributed by atoms with Gasteiger partial charge < -0.3 is 19.5 Å². The van der Waals surface area contributed by atoms with Gasteiger partial charge in [0.2, 0.25) is 11.8 Å². The molecule has 0 fully saturated rings. The van der Waals surface area contributed by atoms with E-state index in [-0.39, 0.29) is 17.6 Å². The van der Waals surface area contributed by atoms with E-state index in [0.29, 0.717) is 57.4 Å². The number of nitrogens with one attached hydrogen (secondary N) is 1. The topological polar surface area (TPSA) is 105 Å². The first-order chi connectivity index (χ1) is 20.0. The number of ether oxygens (including phenoxy) is 1. The van der Waals surface area contributed by atoms with Crippen molar-refractivity contribution in [2.24, 2.45) is 0 Å². The molecule has 4 heterocycles. The zero-order chi connectivity index (χ0) is 30.1. The maximum atomic E-state index is 14.6. The molecular weight excluding hydrogens is 554 g/mol. The monoisotopic (exact) mass is 585 g/mol. The second-order valence-corrected chi connectivity index (χ2v) is 11.4. The van der Waals surface area contributed by atoms with E-state index in [1.165, 1.54) is 7.11 Å². The number of methoxy groups -OCH3 is 1. The summed E-state index contributed by atoms with van der Waals surface area (Å²) in [6.07, 6.45) is 1.66. The molecule has 6 rings (SSSR count). The number of carbonyl (C=O) groups is 2. The summed E-state index contributed by atoms with van der Waals surface area (Å²) < 4.78 is 7.64. The van der Waals surface area contributed by atoms with Gasteiger partial charge in [-0.1, -0.05) is 29.8 Å². The van der Waals surface area contributed by atoms with Crippen molar-refractivity contribution < 1.29 is 14.3 Å². The third-order valence-electron chi connectivity index (χ3n) is 8.06. The molecule has 42 heavy (non-hydrogen) atoms. The van der Waals surface area contributed by atoms with E-state index in [2.05, 4.69) is 15.3 Å². The Kier molecular flexibility index (Phi) is 6.49. The van der Waals surface area contributed by atoms with E-state index in [1.807, 2.05) is 75.4 Å². The lowest BCUT2D eigenvalue weighted by Gasteiger charge is -2.36. The second-order valence-electron chi connectivity index (χ2n) is 11.0. The molecule has 1 spiro atoms. The van der Waals surface area contributed by atoms with E-state index in [0.717, 1.165) is 11.1 Å². The van der Waals surface area contributed by atoms with E-state index in [1.54, 1.807) is 23.2 Å². The maximum Gasteiger partial charge on any atom is 0.280 e. The summed E-state index contributed by atoms with van der Waals surface area (Å²) in [7, 11) is 3.43. The van der Waals surface area contributed by atoms with Gasteiger partial charge in [-0.2, -0.15) is 4.98 Å². The zero-order valence-electron chi connectivity index (χ0n) is 24.6. The molecule has 11 heteroatoms. The second kappa shape index (κ2) is 9.84. The number of halogens is 1. The lowest BCUT2D eigenvalue weighted by molar-refractivity contribution is -0.119. The first kappa shape index (κ1) is 27.7. The molecule has 1 unspecified atom stereocenters. The fourth-order valence-electron chi connectivity index (χ4n) is 5.96. The fraction of sp³-hybridized carbons (Fsp3) is 0.323. The normalized spacial score (nSPS) is 17.2. The van der Waals surface area contributed by atoms with Crippen LogP contribution in [0.3, 0.4) is 0 Å². The van der Waals surface area contributed by atoms with Gasteiger partial charge in [-0.05, 0) is 63.9 Å². The molecule has 0 radical (unpaired) electrons. The number of imidazole rings is 1. The van der Waals surface area contributed by atoms with Gasteiger partial charge in [0.25, 0.3) is 11.8 Å². The Labute approximate surface area is 249 Å². The van der Waals surface area contributed by atoms with E-state index in [9.17, 15) is 9.59 Å². The molecule has 2 aromatic carbocycles. The van der Waals surface area contributed by atoms with Crippen LogP contribution in [-0.2, 0) is 10.3 Å². The van der Waals surface area contributed by atoms with Crippen LogP contribution in [0.1, 0.15) is 59.7 Å². The van der Waals surface area contributed by atoms with E-state index < -0.39 is 11.4 Å². The SMILES string of the molecule is CCN(C)c1ncc(-c2nc3c(n2C(C)C)C2(C(=O)Nc4cc(C)ccc42)N(c2cc(Cl)ccc2C)C3=O)c(OC)n1. The van der Waals surface area contributed by atoms with Crippen molar-refractivity contribution in [3.63, 3.8) is 0 Å². The van der Waals surface area contributed by atoms with Gasteiger partial charge in [0, 0.05) is 42.1 Å². The minimum Gasteiger partial charge on any atom is -0.480 e. The van der Waals surface area contributed by atoms with Crippen molar-refractivity contribution in [3.05, 3.63) is 75.7 Å². The Hall–Kier alpha value is -4.44. The van der Waals surface area contributed by atoms with Gasteiger partial charge in [-0.3, -0.25) is 14.5 Å². The van der Waals surface area contributed by atoms with Crippen molar-refractivity contribution >= 4 is 40.7 Å². The summed E-state index contributed by atoms with van der Waals surface area (Å²) in [4.78, 5) is 46.5. The number of nitrogens with zero attached hydrogens (tertiary/aromatic N) is 6. The molecule has 0 aliphatic carbocycles. The van der Waals surface area contributed by atoms with Gasteiger partial charge in [0.1, 0.15) is 5.82 Å². The quantitative estimate of drug-likeness (QED) is 0.318. The molecule has 4 aromatic rings. The number of hydrogen-bond donors (Lipinski definition) is 1. The van der Waals surface area contributed by atoms with Crippen molar-refractivity contribution in [2.75, 3.05) is 35.8 Å². The Bertz CT molecular complexity index is 1780. The van der Waals surface area contributed by atoms with Gasteiger partial charge in [0.15, 0.2) is 11.2 Å². The van der Waals surface area contributed by atoms with Crippen LogP contribution in [-0.4, -0.2) is 52.0 Å². The Balaban J connectivity index is 1.70. The predicted molar refractivity (Wildman–Crippen MR) is 163 cm³/mol. The van der Waals surface area contributed by atoms with Crippen molar-refractivity contribution in [1.29, 1.82) is 0 Å². The molecule has 0 bridgehead atoms. The Morgan fingerprint density at radius 3 is 2.57 bits per heavy atom. The van der Waals surface area contributed by atoms with Crippen LogP contribution in [0.15, 0.2) is 42.6 Å². The highest BCUT2D eigenvalue weighted by atomic mass is 35.5. The van der Waals surface area contributed by atoms with Crippen LogP contribution in [0.2, 0.25) is 5.02 Å². The predicted octanol–water partition coefficient (Wildman–Crippen LogP) is 5.51. The van der Waals surface area contributed by atoms with Crippen LogP contribution in [0.4, 0.5) is 17.3 Å². The molecule has 0 saturated heterocycles. The number of aromatic nitrogens is 4. The fourth-order valence-corrected chi connectivity index (χ4v) is 6.13. The summed E-state index contributed by atoms with van der Waals surface area (Å²) >= 11 is 6.46. The summed E-state index contributed by atoms with van der Waals surface area (Å²) in [5.41, 5.74) is 3.29. The van der Waals surface area contributed by atoms with Crippen LogP contribution in [0.25, 0.3) is 11.4 Å². The number of aryl methyl sites for hydroxylation is 2. The summed E-state index contributed by atoms with van der Waals surface area (Å²) in [5.74, 6) is 0.527. The Morgan fingerprint density at radius 1 is 1.12 bits per heavy atom. The highest BCUT2D eigenvalue weighted by molar-refractivity contribution is 6.31. The number of carbonyl (C=O) groups excluding carboxylic acids is 2. The van der Waals surface area contributed by atoms with Crippen molar-refractivity contribution in [3.8, 4) is 17.3 Å². The standard InChI is InChI=1S/C31H32ClN7O3/c1-8-37(6)30-33-15-20(27(36-30)42-7)26-35-24-25(38(26)16(2)3)31(21-12-9-17(4)13-22(21)34-29(31)41)39(28(24)40)23-14-19(32)11-10-18(23)5/h9-16H,8H2,1-7H3,(H,34,41). The average Bonchev–Trinajstić information content (AvgIpc) is 3.57. The van der Waals surface area contributed by atoms with E-state index in [4.69, 9.17) is 21.3 Å². The van der Waals surface area contributed by atoms with Gasteiger partial charge in [-0.25, -0.2) is 9.97 Å². The zero-order valence-corrected chi connectivity index (χ0v) is 25.4. The van der Waals surface area contributed by atoms with Gasteiger partial charge in [0.05, 0.1) is 24.1 Å². The first-order valence-electron chi connectivity index (χ1n) is 13.8. The number of amides is 2. The third-order valence-corrected chi connectivity index (χ3v) is 8.29. The van der Waals surface area contributed by atoms with Crippen LogP contribution >= 0.6 is 11.6 Å². The van der Waals surface area contributed by atoms with Crippen LogP contribution in [0.5, 0.6) is 5.88 Å². The molecule has 1 N–H and O–H groups in total. The maximum absolute atomic E-state index is 14.6. The molecule has 2 aliphatic heterocycles. The highest BCUT2D eigenvalue weighted by Crippen LogP contribution is 2.55. The highest BCUT2D eigenvalue weighted by Gasteiger charge is 2.64. The minimum atomic E-state index is -1.53. The molecule has 2 aromatic heterocycles. The number of benzene rings is 2. The number of hydrogen-bond acceptors (Lipinski definition) is 7.